The second-order valence-corrected chi connectivity index (χ2v) is 0.710. The first-order chi connectivity index (χ1) is 3.41. The summed E-state index contributed by atoms with van der Waals surface area (Å²) in [7, 11) is 2.95. The van der Waals surface area contributed by atoms with Crippen molar-refractivity contribution in [1.82, 2.24) is 0 Å². The van der Waals surface area contributed by atoms with Gasteiger partial charge in [-0.05, 0) is 0 Å². The molecule has 0 bridgehead atoms. The molecule has 0 aliphatic rings. The quantitative estimate of drug-likeness (QED) is 0.351. The number of hydrogen-bond donors (Lipinski definition) is 1. The molecule has 0 amide bonds. The molecule has 0 aliphatic heterocycles. The van der Waals surface area contributed by atoms with Gasteiger partial charge in [0, 0.05) is 0 Å². The molecule has 0 unspecified atom stereocenters. The highest BCUT2D eigenvalue weighted by Gasteiger charge is 1.89. The Morgan fingerprint density at radius 1 is 1.43 bits per heavy atom. The molecule has 6 heteroatoms. The summed E-state index contributed by atoms with van der Waals surface area (Å²) in [6, 6.07) is 0. The van der Waals surface area contributed by atoms with Crippen LogP contribution in [-0.4, -0.2) is 27.9 Å². The number of rotatable bonds is 4. The Kier molecular flexibility index (Phi) is 6.14. The fraction of sp³-hybridized carbons (Fsp3) is 1.00. The van der Waals surface area contributed by atoms with Crippen molar-refractivity contribution in [2.45, 2.75) is 6.82 Å². The molecule has 0 aromatic carbocycles. The van der Waals surface area contributed by atoms with Crippen molar-refractivity contribution in [3.63, 3.8) is 0 Å². The van der Waals surface area contributed by atoms with Crippen LogP contribution in [0.25, 0.3) is 0 Å². The number of hydrogen-bond acceptors (Lipinski definition) is 3. The van der Waals surface area contributed by atoms with E-state index in [2.05, 4.69) is 9.14 Å². The Hall–Kier alpha value is 0.0748. The van der Waals surface area contributed by atoms with Crippen LogP contribution in [0.1, 0.15) is 0 Å². The Bertz CT molecular complexity index is 29.4. The molecule has 0 aromatic heterocycles. The molecular formula is CH4B3O3. The third-order valence-electron chi connectivity index (χ3n) is 0.308. The minimum atomic E-state index is 0.531. The van der Waals surface area contributed by atoms with Crippen molar-refractivity contribution in [2.75, 3.05) is 0 Å². The molecule has 35 valence electrons. The average molecular weight is 96.5 g/mol. The molecule has 7 heavy (non-hydrogen) atoms. The van der Waals surface area contributed by atoms with E-state index in [0.29, 0.717) is 7.69 Å². The van der Waals surface area contributed by atoms with Gasteiger partial charge in [0.05, 0.1) is 0 Å². The molecule has 0 saturated carbocycles. The summed E-state index contributed by atoms with van der Waals surface area (Å²) in [5.41, 5.74) is 0. The lowest BCUT2D eigenvalue weighted by atomic mass is 10.1. The summed E-state index contributed by atoms with van der Waals surface area (Å²) in [6.07, 6.45) is 0. The van der Waals surface area contributed by atoms with E-state index in [9.17, 15) is 0 Å². The van der Waals surface area contributed by atoms with Gasteiger partial charge in [-0.2, -0.15) is 0 Å². The second kappa shape index (κ2) is 6.07. The first kappa shape index (κ1) is 7.07. The summed E-state index contributed by atoms with van der Waals surface area (Å²) in [4.78, 5) is 0. The first-order valence-corrected chi connectivity index (χ1v) is 1.78. The predicted molar refractivity (Wildman–Crippen MR) is 27.5 cm³/mol. The fourth-order valence-corrected chi connectivity index (χ4v) is 0.112. The Labute approximate surface area is 44.9 Å². The van der Waals surface area contributed by atoms with Crippen LogP contribution < -0.4 is 0 Å². The van der Waals surface area contributed by atoms with Gasteiger partial charge in [0.25, 0.3) is 7.48 Å². The van der Waals surface area contributed by atoms with Gasteiger partial charge in [-0.15, -0.1) is 0 Å². The van der Waals surface area contributed by atoms with Crippen molar-refractivity contribution >= 4 is 22.9 Å². The van der Waals surface area contributed by atoms with Crippen LogP contribution in [0.5, 0.6) is 0 Å². The van der Waals surface area contributed by atoms with E-state index in [-0.39, 0.29) is 0 Å². The third kappa shape index (κ3) is 6.07. The lowest BCUT2D eigenvalue weighted by Gasteiger charge is -1.91. The maximum Gasteiger partial charge on any atom is 0.469 e. The topological polar surface area (TPSA) is 38.7 Å². The SMILES string of the molecule is C[B]O[B]O[B]O. The van der Waals surface area contributed by atoms with Gasteiger partial charge in [-0.1, -0.05) is 6.82 Å². The van der Waals surface area contributed by atoms with Gasteiger partial charge >= 0.3 is 15.4 Å². The van der Waals surface area contributed by atoms with Gasteiger partial charge in [-0.3, -0.25) is 0 Å². The molecule has 3 nitrogen and oxygen atoms in total. The molecule has 0 atom stereocenters. The largest absolute Gasteiger partial charge is 0.482 e. The van der Waals surface area contributed by atoms with Crippen LogP contribution in [0.2, 0.25) is 6.82 Å². The highest BCUT2D eigenvalue weighted by atomic mass is 16.6. The molecule has 0 heterocycles. The summed E-state index contributed by atoms with van der Waals surface area (Å²) < 4.78 is 8.54. The molecule has 0 spiro atoms. The van der Waals surface area contributed by atoms with E-state index in [1.165, 1.54) is 7.48 Å². The molecular weight excluding hydrogens is 92.4 g/mol. The minimum absolute atomic E-state index is 0.531. The van der Waals surface area contributed by atoms with Crippen molar-refractivity contribution in [3.05, 3.63) is 0 Å². The van der Waals surface area contributed by atoms with E-state index >= 15 is 0 Å². The molecule has 1 N–H and O–H groups in total. The molecule has 3 radical (unpaired) electrons. The fourth-order valence-electron chi connectivity index (χ4n) is 0.112. The van der Waals surface area contributed by atoms with Crippen LogP contribution >= 0.6 is 0 Å². The normalized spacial score (nSPS) is 7.71. The van der Waals surface area contributed by atoms with Gasteiger partial charge < -0.3 is 14.2 Å². The maximum absolute atomic E-state index is 7.82. The van der Waals surface area contributed by atoms with Gasteiger partial charge in [0.2, 0.25) is 0 Å². The highest BCUT2D eigenvalue weighted by molar-refractivity contribution is 6.42. The van der Waals surface area contributed by atoms with Gasteiger partial charge in [-0.25, -0.2) is 0 Å². The highest BCUT2D eigenvalue weighted by Crippen LogP contribution is 1.64. The molecule has 0 aliphatic carbocycles. The minimum Gasteiger partial charge on any atom is -0.482 e. The van der Waals surface area contributed by atoms with Crippen molar-refractivity contribution in [3.8, 4) is 0 Å². The predicted octanol–water partition coefficient (Wildman–Crippen LogP) is -1.25. The Morgan fingerprint density at radius 2 is 2.14 bits per heavy atom. The first-order valence-electron chi connectivity index (χ1n) is 1.78. The van der Waals surface area contributed by atoms with Crippen LogP contribution in [-0.2, 0) is 9.14 Å². The summed E-state index contributed by atoms with van der Waals surface area (Å²) in [5, 5.41) is 7.82. The Morgan fingerprint density at radius 3 is 2.57 bits per heavy atom. The standard InChI is InChI=1S/CH4B3O3/c1-2-6-4-7-3-5/h5H,1H3. The van der Waals surface area contributed by atoms with E-state index in [4.69, 9.17) is 5.02 Å². The zero-order chi connectivity index (χ0) is 5.54. The summed E-state index contributed by atoms with van der Waals surface area (Å²) in [5.74, 6) is 0. The second-order valence-electron chi connectivity index (χ2n) is 0.710. The lowest BCUT2D eigenvalue weighted by molar-refractivity contribution is 0.421. The van der Waals surface area contributed by atoms with Crippen molar-refractivity contribution < 1.29 is 14.2 Å². The van der Waals surface area contributed by atoms with Gasteiger partial charge in [0.15, 0.2) is 0 Å². The van der Waals surface area contributed by atoms with Crippen LogP contribution in [0.3, 0.4) is 0 Å². The van der Waals surface area contributed by atoms with Gasteiger partial charge in [0.1, 0.15) is 0 Å². The van der Waals surface area contributed by atoms with Crippen LogP contribution in [0, 0.1) is 0 Å². The average Bonchev–Trinajstić information content (AvgIpc) is 1.69. The molecule has 0 aromatic rings. The Balaban J connectivity index is 2.45. The van der Waals surface area contributed by atoms with E-state index < -0.39 is 0 Å². The van der Waals surface area contributed by atoms with Crippen molar-refractivity contribution in [2.24, 2.45) is 0 Å². The lowest BCUT2D eigenvalue weighted by Crippen LogP contribution is -2.08. The summed E-state index contributed by atoms with van der Waals surface area (Å²) in [6.45, 7) is 1.69. The smallest absolute Gasteiger partial charge is 0.469 e. The molecule has 0 rings (SSSR count). The van der Waals surface area contributed by atoms with Crippen LogP contribution in [0.15, 0.2) is 0 Å². The van der Waals surface area contributed by atoms with E-state index in [1.807, 2.05) is 0 Å². The van der Waals surface area contributed by atoms with E-state index in [1.54, 1.807) is 6.82 Å². The monoisotopic (exact) mass is 97.0 g/mol. The third-order valence-corrected chi connectivity index (χ3v) is 0.308. The zero-order valence-electron chi connectivity index (χ0n) is 4.00. The van der Waals surface area contributed by atoms with Crippen LogP contribution in [0.4, 0.5) is 0 Å². The zero-order valence-corrected chi connectivity index (χ0v) is 4.00. The molecule has 0 fully saturated rings. The van der Waals surface area contributed by atoms with E-state index in [0.717, 1.165) is 7.69 Å². The molecule has 0 saturated heterocycles. The van der Waals surface area contributed by atoms with Crippen molar-refractivity contribution in [1.29, 1.82) is 0 Å². The maximum atomic E-state index is 7.82. The summed E-state index contributed by atoms with van der Waals surface area (Å²) >= 11 is 0.